The second-order valence-electron chi connectivity index (χ2n) is 5.46. The van der Waals surface area contributed by atoms with E-state index in [1.807, 2.05) is 0 Å². The molecular formula is C16H20ClIN2S. The number of benzene rings is 1. The first kappa shape index (κ1) is 15.9. The molecule has 1 aromatic heterocycles. The Balaban J connectivity index is 2.08. The summed E-state index contributed by atoms with van der Waals surface area (Å²) in [6.45, 7) is 2.26. The van der Waals surface area contributed by atoms with Gasteiger partial charge in [0.15, 0.2) is 0 Å². The fourth-order valence-corrected chi connectivity index (χ4v) is 5.25. The number of halogens is 2. The standard InChI is InChI=1S/C16H20ClIN2S/c1-2-21-15-5-3-4-14(15)20-13-7-6-11(18)10-12(13)19-16(20)8-9-17/h6-7,10,14-15H,2-5,8-9H2,1H3. The van der Waals surface area contributed by atoms with Crippen LogP contribution in [0, 0.1) is 3.57 Å². The van der Waals surface area contributed by atoms with Crippen LogP contribution in [0.4, 0.5) is 0 Å². The highest BCUT2D eigenvalue weighted by molar-refractivity contribution is 14.1. The Hall–Kier alpha value is 0.0600. The number of alkyl halides is 1. The van der Waals surface area contributed by atoms with Crippen molar-refractivity contribution >= 4 is 57.0 Å². The predicted octanol–water partition coefficient (Wildman–Crippen LogP) is 5.27. The average molecular weight is 435 g/mol. The fourth-order valence-electron chi connectivity index (χ4n) is 3.36. The monoisotopic (exact) mass is 434 g/mol. The van der Waals surface area contributed by atoms with Crippen molar-refractivity contribution in [1.82, 2.24) is 9.55 Å². The Kier molecular flexibility index (Phi) is 5.38. The average Bonchev–Trinajstić information content (AvgIpc) is 3.03. The summed E-state index contributed by atoms with van der Waals surface area (Å²) in [6.07, 6.45) is 4.78. The van der Waals surface area contributed by atoms with Crippen LogP contribution in [0.1, 0.15) is 38.1 Å². The number of fused-ring (bicyclic) bond motifs is 1. The molecule has 2 nitrogen and oxygen atoms in total. The molecule has 0 N–H and O–H groups in total. The molecule has 21 heavy (non-hydrogen) atoms. The van der Waals surface area contributed by atoms with E-state index in [4.69, 9.17) is 16.6 Å². The molecule has 1 heterocycles. The van der Waals surface area contributed by atoms with E-state index in [9.17, 15) is 0 Å². The molecule has 1 fully saturated rings. The molecule has 0 saturated heterocycles. The number of aryl methyl sites for hydroxylation is 1. The minimum Gasteiger partial charge on any atom is -0.324 e. The first-order valence-corrected chi connectivity index (χ1v) is 10.2. The van der Waals surface area contributed by atoms with Gasteiger partial charge in [-0.1, -0.05) is 13.3 Å². The zero-order valence-corrected chi connectivity index (χ0v) is 15.9. The SMILES string of the molecule is CCSC1CCCC1n1c(CCCl)nc2cc(I)ccc21. The molecule has 0 radical (unpaired) electrons. The Morgan fingerprint density at radius 2 is 2.29 bits per heavy atom. The second-order valence-corrected chi connectivity index (χ2v) is 8.60. The zero-order valence-electron chi connectivity index (χ0n) is 12.2. The van der Waals surface area contributed by atoms with E-state index in [2.05, 4.69) is 64.0 Å². The number of hydrogen-bond donors (Lipinski definition) is 0. The van der Waals surface area contributed by atoms with E-state index in [0.717, 1.165) is 23.0 Å². The van der Waals surface area contributed by atoms with Crippen LogP contribution in [0.2, 0.25) is 0 Å². The minimum atomic E-state index is 0.582. The van der Waals surface area contributed by atoms with Gasteiger partial charge in [0.25, 0.3) is 0 Å². The summed E-state index contributed by atoms with van der Waals surface area (Å²) in [5.41, 5.74) is 2.40. The van der Waals surface area contributed by atoms with Gasteiger partial charge >= 0.3 is 0 Å². The number of rotatable bonds is 5. The Morgan fingerprint density at radius 3 is 3.05 bits per heavy atom. The van der Waals surface area contributed by atoms with Crippen LogP contribution in [-0.4, -0.2) is 26.4 Å². The first-order chi connectivity index (χ1) is 10.2. The van der Waals surface area contributed by atoms with Gasteiger partial charge in [0.05, 0.1) is 11.0 Å². The fraction of sp³-hybridized carbons (Fsp3) is 0.562. The largest absolute Gasteiger partial charge is 0.324 e. The zero-order chi connectivity index (χ0) is 14.8. The highest BCUT2D eigenvalue weighted by atomic mass is 127. The summed E-state index contributed by atoms with van der Waals surface area (Å²) < 4.78 is 3.74. The van der Waals surface area contributed by atoms with Crippen LogP contribution in [0.25, 0.3) is 11.0 Å². The number of thioether (sulfide) groups is 1. The number of imidazole rings is 1. The van der Waals surface area contributed by atoms with Crippen molar-refractivity contribution in [3.8, 4) is 0 Å². The molecule has 0 spiro atoms. The van der Waals surface area contributed by atoms with Crippen LogP contribution >= 0.6 is 46.0 Å². The van der Waals surface area contributed by atoms with Crippen LogP contribution in [0.5, 0.6) is 0 Å². The molecule has 3 rings (SSSR count). The molecule has 1 saturated carbocycles. The normalized spacial score (nSPS) is 22.2. The van der Waals surface area contributed by atoms with Crippen molar-refractivity contribution in [2.75, 3.05) is 11.6 Å². The molecule has 0 amide bonds. The van der Waals surface area contributed by atoms with Gasteiger partial charge in [-0.15, -0.1) is 11.6 Å². The van der Waals surface area contributed by atoms with Crippen molar-refractivity contribution in [3.63, 3.8) is 0 Å². The van der Waals surface area contributed by atoms with Gasteiger partial charge in [-0.3, -0.25) is 0 Å². The van der Waals surface area contributed by atoms with Gasteiger partial charge in [0.1, 0.15) is 5.82 Å². The molecule has 2 aromatic rings. The molecule has 0 aliphatic heterocycles. The van der Waals surface area contributed by atoms with Crippen molar-refractivity contribution in [2.24, 2.45) is 0 Å². The maximum absolute atomic E-state index is 6.01. The molecule has 1 aromatic carbocycles. The third-order valence-electron chi connectivity index (χ3n) is 4.17. The number of aromatic nitrogens is 2. The second kappa shape index (κ2) is 7.09. The van der Waals surface area contributed by atoms with Gasteiger partial charge in [-0.2, -0.15) is 11.8 Å². The highest BCUT2D eigenvalue weighted by Crippen LogP contribution is 2.41. The summed E-state index contributed by atoms with van der Waals surface area (Å²) in [5.74, 6) is 2.99. The molecule has 5 heteroatoms. The summed E-state index contributed by atoms with van der Waals surface area (Å²) in [5, 5.41) is 0.723. The predicted molar refractivity (Wildman–Crippen MR) is 102 cm³/mol. The molecule has 2 unspecified atom stereocenters. The van der Waals surface area contributed by atoms with E-state index in [1.54, 1.807) is 0 Å². The van der Waals surface area contributed by atoms with Crippen molar-refractivity contribution in [3.05, 3.63) is 27.6 Å². The van der Waals surface area contributed by atoms with Gasteiger partial charge < -0.3 is 4.57 Å². The van der Waals surface area contributed by atoms with Gasteiger partial charge in [-0.05, 0) is 59.4 Å². The molecule has 114 valence electrons. The maximum atomic E-state index is 6.01. The number of hydrogen-bond acceptors (Lipinski definition) is 2. The molecule has 2 atom stereocenters. The van der Waals surface area contributed by atoms with E-state index in [1.165, 1.54) is 34.1 Å². The lowest BCUT2D eigenvalue weighted by Crippen LogP contribution is -2.19. The molecular weight excluding hydrogens is 415 g/mol. The number of nitrogens with zero attached hydrogens (tertiary/aromatic N) is 2. The van der Waals surface area contributed by atoms with Crippen molar-refractivity contribution < 1.29 is 0 Å². The summed E-state index contributed by atoms with van der Waals surface area (Å²) in [4.78, 5) is 4.87. The third-order valence-corrected chi connectivity index (χ3v) is 6.34. The quantitative estimate of drug-likeness (QED) is 0.471. The van der Waals surface area contributed by atoms with E-state index in [-0.39, 0.29) is 0 Å². The van der Waals surface area contributed by atoms with Crippen LogP contribution in [-0.2, 0) is 6.42 Å². The Bertz CT molecular complexity index is 628. The van der Waals surface area contributed by atoms with E-state index < -0.39 is 0 Å². The summed E-state index contributed by atoms with van der Waals surface area (Å²) in [7, 11) is 0. The Labute approximate surface area is 149 Å². The first-order valence-electron chi connectivity index (χ1n) is 7.58. The van der Waals surface area contributed by atoms with Gasteiger partial charge in [0, 0.05) is 27.2 Å². The van der Waals surface area contributed by atoms with Gasteiger partial charge in [0.2, 0.25) is 0 Å². The topological polar surface area (TPSA) is 17.8 Å². The van der Waals surface area contributed by atoms with Crippen LogP contribution < -0.4 is 0 Å². The molecule has 0 bridgehead atoms. The van der Waals surface area contributed by atoms with Crippen LogP contribution in [0.15, 0.2) is 18.2 Å². The molecule has 1 aliphatic rings. The van der Waals surface area contributed by atoms with E-state index in [0.29, 0.717) is 11.9 Å². The van der Waals surface area contributed by atoms with E-state index >= 15 is 0 Å². The Morgan fingerprint density at radius 1 is 1.43 bits per heavy atom. The van der Waals surface area contributed by atoms with Crippen LogP contribution in [0.3, 0.4) is 0 Å². The highest BCUT2D eigenvalue weighted by Gasteiger charge is 2.31. The molecule has 1 aliphatic carbocycles. The lowest BCUT2D eigenvalue weighted by molar-refractivity contribution is 0.522. The smallest absolute Gasteiger partial charge is 0.111 e. The van der Waals surface area contributed by atoms with Crippen molar-refractivity contribution in [2.45, 2.75) is 43.9 Å². The lowest BCUT2D eigenvalue weighted by atomic mass is 10.2. The maximum Gasteiger partial charge on any atom is 0.111 e. The van der Waals surface area contributed by atoms with Crippen molar-refractivity contribution in [1.29, 1.82) is 0 Å². The summed E-state index contributed by atoms with van der Waals surface area (Å²) >= 11 is 10.5. The minimum absolute atomic E-state index is 0.582. The van der Waals surface area contributed by atoms with Gasteiger partial charge in [-0.25, -0.2) is 4.98 Å². The lowest BCUT2D eigenvalue weighted by Gasteiger charge is -2.23. The summed E-state index contributed by atoms with van der Waals surface area (Å²) in [6, 6.07) is 7.18. The third kappa shape index (κ3) is 3.22.